The molecule has 0 aliphatic heterocycles. The molecule has 0 heterocycles. The highest BCUT2D eigenvalue weighted by Gasteiger charge is 2.44. The van der Waals surface area contributed by atoms with E-state index in [-0.39, 0.29) is 18.4 Å². The summed E-state index contributed by atoms with van der Waals surface area (Å²) in [4.78, 5) is 22.7. The topological polar surface area (TPSA) is 52.6 Å². The third kappa shape index (κ3) is 2.05. The lowest BCUT2D eigenvalue weighted by molar-refractivity contribution is -0.159. The Kier molecular flexibility index (Phi) is 3.49. The van der Waals surface area contributed by atoms with Crippen molar-refractivity contribution in [2.45, 2.75) is 32.1 Å². The number of rotatable bonds is 3. The molecule has 1 fully saturated rings. The molecule has 1 aliphatic rings. The van der Waals surface area contributed by atoms with Crippen LogP contribution in [-0.2, 0) is 19.1 Å². The van der Waals surface area contributed by atoms with Crippen LogP contribution in [0.2, 0.25) is 0 Å². The number of carbonyl (C=O) groups excluding carboxylic acids is 2. The lowest BCUT2D eigenvalue weighted by Gasteiger charge is -2.23. The molecule has 0 aromatic rings. The van der Waals surface area contributed by atoms with Gasteiger partial charge in [-0.1, -0.05) is 12.8 Å². The quantitative estimate of drug-likeness (QED) is 0.644. The molecule has 0 spiro atoms. The van der Waals surface area contributed by atoms with Gasteiger partial charge >= 0.3 is 11.9 Å². The summed E-state index contributed by atoms with van der Waals surface area (Å²) in [5.74, 6) is -0.613. The molecule has 0 N–H and O–H groups in total. The molecule has 0 bridgehead atoms. The molecule has 0 amide bonds. The van der Waals surface area contributed by atoms with E-state index < -0.39 is 5.41 Å². The molecule has 0 unspecified atom stereocenters. The number of carbonyl (C=O) groups is 2. The first kappa shape index (κ1) is 11.0. The van der Waals surface area contributed by atoms with Crippen molar-refractivity contribution in [1.82, 2.24) is 0 Å². The highest BCUT2D eigenvalue weighted by Crippen LogP contribution is 2.42. The van der Waals surface area contributed by atoms with Crippen molar-refractivity contribution < 1.29 is 19.1 Å². The Morgan fingerprint density at radius 3 is 2.14 bits per heavy atom. The number of hydrogen-bond donors (Lipinski definition) is 0. The normalized spacial score (nSPS) is 19.0. The minimum atomic E-state index is -0.609. The number of hydrogen-bond acceptors (Lipinski definition) is 4. The molecule has 0 saturated heterocycles. The van der Waals surface area contributed by atoms with E-state index in [1.54, 1.807) is 0 Å². The summed E-state index contributed by atoms with van der Waals surface area (Å²) in [5.41, 5.74) is -0.609. The van der Waals surface area contributed by atoms with Gasteiger partial charge in [0.15, 0.2) is 0 Å². The molecule has 0 radical (unpaired) electrons. The second-order valence-corrected chi connectivity index (χ2v) is 3.73. The van der Waals surface area contributed by atoms with Crippen LogP contribution in [0.4, 0.5) is 0 Å². The lowest BCUT2D eigenvalue weighted by atomic mass is 9.83. The predicted molar refractivity (Wildman–Crippen MR) is 49.6 cm³/mol. The minimum Gasteiger partial charge on any atom is -0.469 e. The van der Waals surface area contributed by atoms with Gasteiger partial charge in [0.25, 0.3) is 0 Å². The monoisotopic (exact) mass is 200 g/mol. The van der Waals surface area contributed by atoms with Crippen LogP contribution in [-0.4, -0.2) is 26.2 Å². The fraction of sp³-hybridized carbons (Fsp3) is 0.800. The summed E-state index contributed by atoms with van der Waals surface area (Å²) in [7, 11) is 2.70. The Labute approximate surface area is 83.6 Å². The van der Waals surface area contributed by atoms with E-state index in [0.29, 0.717) is 0 Å². The van der Waals surface area contributed by atoms with E-state index in [1.165, 1.54) is 14.2 Å². The van der Waals surface area contributed by atoms with Gasteiger partial charge in [0, 0.05) is 0 Å². The summed E-state index contributed by atoms with van der Waals surface area (Å²) in [6, 6.07) is 0. The summed E-state index contributed by atoms with van der Waals surface area (Å²) in [5, 5.41) is 0. The van der Waals surface area contributed by atoms with Crippen molar-refractivity contribution in [3.63, 3.8) is 0 Å². The third-order valence-electron chi connectivity index (χ3n) is 2.89. The van der Waals surface area contributed by atoms with Crippen molar-refractivity contribution in [3.8, 4) is 0 Å². The van der Waals surface area contributed by atoms with Crippen molar-refractivity contribution in [3.05, 3.63) is 0 Å². The van der Waals surface area contributed by atoms with Crippen LogP contribution in [0.3, 0.4) is 0 Å². The van der Waals surface area contributed by atoms with Crippen LogP contribution >= 0.6 is 0 Å². The van der Waals surface area contributed by atoms with Crippen LogP contribution < -0.4 is 0 Å². The summed E-state index contributed by atoms with van der Waals surface area (Å²) in [6.07, 6.45) is 3.57. The van der Waals surface area contributed by atoms with Crippen molar-refractivity contribution in [2.75, 3.05) is 14.2 Å². The maximum Gasteiger partial charge on any atom is 0.312 e. The fourth-order valence-corrected chi connectivity index (χ4v) is 2.07. The first-order chi connectivity index (χ1) is 6.64. The zero-order chi connectivity index (χ0) is 10.6. The van der Waals surface area contributed by atoms with E-state index in [4.69, 9.17) is 4.74 Å². The Hall–Kier alpha value is -1.06. The van der Waals surface area contributed by atoms with Gasteiger partial charge in [0.2, 0.25) is 0 Å². The zero-order valence-electron chi connectivity index (χ0n) is 8.67. The van der Waals surface area contributed by atoms with Crippen molar-refractivity contribution in [2.24, 2.45) is 5.41 Å². The smallest absolute Gasteiger partial charge is 0.312 e. The van der Waals surface area contributed by atoms with Gasteiger partial charge in [0.1, 0.15) is 0 Å². The molecular formula is C10H16O4. The third-order valence-corrected chi connectivity index (χ3v) is 2.89. The summed E-state index contributed by atoms with van der Waals surface area (Å²) < 4.78 is 9.32. The largest absolute Gasteiger partial charge is 0.469 e. The van der Waals surface area contributed by atoms with Gasteiger partial charge in [-0.3, -0.25) is 9.59 Å². The Morgan fingerprint density at radius 2 is 1.71 bits per heavy atom. The number of ether oxygens (including phenoxy) is 2. The fourth-order valence-electron chi connectivity index (χ4n) is 2.07. The standard InChI is InChI=1S/C10H16O4/c1-13-8(11)7-10(9(12)14-2)5-3-4-6-10/h3-7H2,1-2H3. The maximum absolute atomic E-state index is 11.6. The highest BCUT2D eigenvalue weighted by molar-refractivity contribution is 5.83. The molecule has 14 heavy (non-hydrogen) atoms. The first-order valence-corrected chi connectivity index (χ1v) is 4.80. The molecule has 4 nitrogen and oxygen atoms in total. The summed E-state index contributed by atoms with van der Waals surface area (Å²) in [6.45, 7) is 0. The van der Waals surface area contributed by atoms with Gasteiger partial charge in [-0.15, -0.1) is 0 Å². The molecule has 4 heteroatoms. The van der Waals surface area contributed by atoms with Crippen LogP contribution in [0, 0.1) is 5.41 Å². The highest BCUT2D eigenvalue weighted by atomic mass is 16.5. The van der Waals surface area contributed by atoms with E-state index in [2.05, 4.69) is 4.74 Å². The van der Waals surface area contributed by atoms with E-state index in [9.17, 15) is 9.59 Å². The van der Waals surface area contributed by atoms with Gasteiger partial charge in [-0.2, -0.15) is 0 Å². The van der Waals surface area contributed by atoms with Crippen LogP contribution in [0.15, 0.2) is 0 Å². The SMILES string of the molecule is COC(=O)CC1(C(=O)OC)CCCC1. The molecule has 0 aromatic heterocycles. The number of esters is 2. The van der Waals surface area contributed by atoms with E-state index >= 15 is 0 Å². The molecule has 1 saturated carbocycles. The predicted octanol–water partition coefficient (Wildman–Crippen LogP) is 1.28. The Bertz CT molecular complexity index is 228. The van der Waals surface area contributed by atoms with Gasteiger partial charge in [-0.25, -0.2) is 0 Å². The molecule has 1 aliphatic carbocycles. The maximum atomic E-state index is 11.6. The summed E-state index contributed by atoms with van der Waals surface area (Å²) >= 11 is 0. The first-order valence-electron chi connectivity index (χ1n) is 4.80. The van der Waals surface area contributed by atoms with E-state index in [1.807, 2.05) is 0 Å². The Balaban J connectivity index is 2.71. The van der Waals surface area contributed by atoms with Gasteiger partial charge in [0.05, 0.1) is 26.1 Å². The Morgan fingerprint density at radius 1 is 1.14 bits per heavy atom. The lowest BCUT2D eigenvalue weighted by Crippen LogP contribution is -2.32. The molecule has 1 rings (SSSR count). The molecule has 0 atom stereocenters. The zero-order valence-corrected chi connectivity index (χ0v) is 8.67. The molecule has 80 valence electrons. The van der Waals surface area contributed by atoms with E-state index in [0.717, 1.165) is 25.7 Å². The average Bonchev–Trinajstić information content (AvgIpc) is 2.66. The van der Waals surface area contributed by atoms with Crippen LogP contribution in [0.25, 0.3) is 0 Å². The average molecular weight is 200 g/mol. The van der Waals surface area contributed by atoms with Crippen LogP contribution in [0.5, 0.6) is 0 Å². The van der Waals surface area contributed by atoms with Crippen LogP contribution in [0.1, 0.15) is 32.1 Å². The van der Waals surface area contributed by atoms with Gasteiger partial charge < -0.3 is 9.47 Å². The second kappa shape index (κ2) is 4.44. The minimum absolute atomic E-state index is 0.149. The van der Waals surface area contributed by atoms with Crippen molar-refractivity contribution >= 4 is 11.9 Å². The van der Waals surface area contributed by atoms with Crippen molar-refractivity contribution in [1.29, 1.82) is 0 Å². The molecular weight excluding hydrogens is 184 g/mol. The van der Waals surface area contributed by atoms with Gasteiger partial charge in [-0.05, 0) is 12.8 Å². The number of methoxy groups -OCH3 is 2. The second-order valence-electron chi connectivity index (χ2n) is 3.73. The molecule has 0 aromatic carbocycles.